The summed E-state index contributed by atoms with van der Waals surface area (Å²) in [5.74, 6) is -1.12. The largest absolute Gasteiger partial charge is 0.464 e. The van der Waals surface area contributed by atoms with Gasteiger partial charge in [-0.15, -0.1) is 0 Å². The smallest absolute Gasteiger partial charge is 0.334 e. The highest BCUT2D eigenvalue weighted by Crippen LogP contribution is 2.40. The lowest BCUT2D eigenvalue weighted by Gasteiger charge is -2.41. The Hall–Kier alpha value is -1.46. The van der Waals surface area contributed by atoms with Crippen molar-refractivity contribution in [1.29, 1.82) is 0 Å². The molecule has 5 heteroatoms. The summed E-state index contributed by atoms with van der Waals surface area (Å²) < 4.78 is 11.8. The van der Waals surface area contributed by atoms with Crippen LogP contribution in [0.25, 0.3) is 0 Å². The number of aldehydes is 1. The van der Waals surface area contributed by atoms with Crippen LogP contribution in [-0.2, 0) is 18.8 Å². The number of hydrogen-bond acceptors (Lipinski definition) is 4. The van der Waals surface area contributed by atoms with E-state index in [9.17, 15) is 9.59 Å². The van der Waals surface area contributed by atoms with Gasteiger partial charge in [-0.05, 0) is 30.6 Å². The van der Waals surface area contributed by atoms with Crippen LogP contribution in [0.15, 0.2) is 30.3 Å². The first kappa shape index (κ1) is 21.6. The second-order valence-electron chi connectivity index (χ2n) is 7.98. The molecule has 0 bridgehead atoms. The molecule has 0 aromatic heterocycles. The van der Waals surface area contributed by atoms with Crippen molar-refractivity contribution in [3.63, 3.8) is 0 Å². The zero-order chi connectivity index (χ0) is 19.3. The lowest BCUT2D eigenvalue weighted by atomic mass is 9.83. The lowest BCUT2D eigenvalue weighted by Crippen LogP contribution is -2.49. The highest BCUT2D eigenvalue weighted by atomic mass is 28.4. The summed E-state index contributed by atoms with van der Waals surface area (Å²) in [4.78, 5) is 24.3. The van der Waals surface area contributed by atoms with E-state index in [-0.39, 0.29) is 23.5 Å². The van der Waals surface area contributed by atoms with E-state index < -0.39 is 20.4 Å². The second-order valence-corrected chi connectivity index (χ2v) is 12.7. The summed E-state index contributed by atoms with van der Waals surface area (Å²) in [6.07, 6.45) is 0.0993. The van der Waals surface area contributed by atoms with E-state index in [1.807, 2.05) is 37.3 Å². The summed E-state index contributed by atoms with van der Waals surface area (Å²) in [7, 11) is -2.23. The molecule has 0 heterocycles. The van der Waals surface area contributed by atoms with Crippen molar-refractivity contribution in [2.24, 2.45) is 5.92 Å². The fraction of sp³-hybridized carbons (Fsp3) is 0.600. The molecule has 0 amide bonds. The van der Waals surface area contributed by atoms with Crippen LogP contribution in [0, 0.1) is 5.92 Å². The molecule has 0 saturated heterocycles. The van der Waals surface area contributed by atoms with Crippen LogP contribution in [-0.4, -0.2) is 33.3 Å². The van der Waals surface area contributed by atoms with E-state index in [1.165, 1.54) is 0 Å². The van der Waals surface area contributed by atoms with Gasteiger partial charge in [-0.2, -0.15) is 0 Å². The lowest BCUT2D eigenvalue weighted by molar-refractivity contribution is -0.154. The summed E-state index contributed by atoms with van der Waals surface area (Å²) in [6, 6.07) is 9.61. The predicted octanol–water partition coefficient (Wildman–Crippen LogP) is 4.56. The molecule has 140 valence electrons. The second kappa shape index (κ2) is 8.76. The third-order valence-electron chi connectivity index (χ3n) is 5.04. The fourth-order valence-electron chi connectivity index (χ4n) is 2.50. The zero-order valence-corrected chi connectivity index (χ0v) is 17.5. The van der Waals surface area contributed by atoms with E-state index in [2.05, 4.69) is 33.9 Å². The van der Waals surface area contributed by atoms with Crippen LogP contribution >= 0.6 is 0 Å². The highest BCUT2D eigenvalue weighted by molar-refractivity contribution is 6.74. The van der Waals surface area contributed by atoms with Gasteiger partial charge < -0.3 is 14.0 Å². The van der Waals surface area contributed by atoms with Crippen molar-refractivity contribution in [1.82, 2.24) is 0 Å². The molecule has 1 aromatic rings. The summed E-state index contributed by atoms with van der Waals surface area (Å²) in [6.45, 7) is 14.5. The standard InChI is InChI=1S/C20H32O4Si/c1-8-23-19(22)18(24-25(6,7)20(3,4)5)17(15(2)14-21)16-12-10-9-11-13-16/h9-15,17-18H,8H2,1-7H3/t15?,17-,18-/m0/s1. The van der Waals surface area contributed by atoms with Crippen LogP contribution in [0.3, 0.4) is 0 Å². The Labute approximate surface area is 153 Å². The minimum atomic E-state index is -2.23. The summed E-state index contributed by atoms with van der Waals surface area (Å²) >= 11 is 0. The van der Waals surface area contributed by atoms with Gasteiger partial charge in [0.2, 0.25) is 0 Å². The van der Waals surface area contributed by atoms with Crippen molar-refractivity contribution in [3.05, 3.63) is 35.9 Å². The van der Waals surface area contributed by atoms with Crippen molar-refractivity contribution >= 4 is 20.6 Å². The van der Waals surface area contributed by atoms with E-state index >= 15 is 0 Å². The van der Waals surface area contributed by atoms with E-state index in [4.69, 9.17) is 9.16 Å². The Bertz CT molecular complexity index is 563. The Balaban J connectivity index is 3.35. The van der Waals surface area contributed by atoms with Gasteiger partial charge in [0.25, 0.3) is 0 Å². The molecular weight excluding hydrogens is 332 g/mol. The highest BCUT2D eigenvalue weighted by Gasteiger charge is 2.45. The van der Waals surface area contributed by atoms with Gasteiger partial charge in [0.1, 0.15) is 6.29 Å². The first-order valence-corrected chi connectivity index (χ1v) is 11.8. The van der Waals surface area contributed by atoms with Crippen LogP contribution < -0.4 is 0 Å². The minimum absolute atomic E-state index is 0.0522. The number of ether oxygens (including phenoxy) is 1. The van der Waals surface area contributed by atoms with Gasteiger partial charge in [-0.25, -0.2) is 4.79 Å². The summed E-state index contributed by atoms with van der Waals surface area (Å²) in [5, 5.41) is -0.0522. The van der Waals surface area contributed by atoms with Gasteiger partial charge in [0, 0.05) is 11.8 Å². The van der Waals surface area contributed by atoms with Gasteiger partial charge in [0.15, 0.2) is 14.4 Å². The molecule has 0 N–H and O–H groups in total. The Morgan fingerprint density at radius 1 is 1.20 bits per heavy atom. The van der Waals surface area contributed by atoms with Crippen molar-refractivity contribution in [2.75, 3.05) is 6.61 Å². The van der Waals surface area contributed by atoms with Crippen LogP contribution in [0.2, 0.25) is 18.1 Å². The molecule has 1 unspecified atom stereocenters. The van der Waals surface area contributed by atoms with Gasteiger partial charge in [-0.3, -0.25) is 0 Å². The molecule has 0 spiro atoms. The molecule has 25 heavy (non-hydrogen) atoms. The molecule has 0 aliphatic heterocycles. The normalized spacial score (nSPS) is 16.0. The fourth-order valence-corrected chi connectivity index (χ4v) is 3.73. The number of rotatable bonds is 8. The average Bonchev–Trinajstić information content (AvgIpc) is 2.54. The maximum atomic E-state index is 12.7. The molecule has 0 aliphatic rings. The van der Waals surface area contributed by atoms with Crippen LogP contribution in [0.1, 0.15) is 46.1 Å². The number of benzene rings is 1. The average molecular weight is 365 g/mol. The predicted molar refractivity (Wildman–Crippen MR) is 103 cm³/mol. The molecule has 4 nitrogen and oxygen atoms in total. The molecule has 0 radical (unpaired) electrons. The first-order valence-electron chi connectivity index (χ1n) is 8.89. The number of carbonyl (C=O) groups excluding carboxylic acids is 2. The first-order chi connectivity index (χ1) is 11.5. The third-order valence-corrected chi connectivity index (χ3v) is 9.49. The van der Waals surface area contributed by atoms with Gasteiger partial charge >= 0.3 is 5.97 Å². The van der Waals surface area contributed by atoms with E-state index in [0.29, 0.717) is 0 Å². The van der Waals surface area contributed by atoms with Crippen molar-refractivity contribution in [3.8, 4) is 0 Å². The Morgan fingerprint density at radius 3 is 2.20 bits per heavy atom. The van der Waals surface area contributed by atoms with Gasteiger partial charge in [-0.1, -0.05) is 58.0 Å². The minimum Gasteiger partial charge on any atom is -0.464 e. The monoisotopic (exact) mass is 364 g/mol. The maximum Gasteiger partial charge on any atom is 0.334 e. The third kappa shape index (κ3) is 5.51. The zero-order valence-electron chi connectivity index (χ0n) is 16.5. The quantitative estimate of drug-likeness (QED) is 0.385. The molecule has 1 rings (SSSR count). The topological polar surface area (TPSA) is 52.6 Å². The molecule has 0 aliphatic carbocycles. The van der Waals surface area contributed by atoms with Crippen LogP contribution in [0.5, 0.6) is 0 Å². The molecular formula is C20H32O4Si. The van der Waals surface area contributed by atoms with E-state index in [0.717, 1.165) is 11.8 Å². The number of esters is 1. The van der Waals surface area contributed by atoms with Crippen molar-refractivity contribution < 1.29 is 18.8 Å². The molecule has 1 aromatic carbocycles. The Kier molecular flexibility index (Phi) is 7.56. The van der Waals surface area contributed by atoms with Gasteiger partial charge in [0.05, 0.1) is 6.61 Å². The van der Waals surface area contributed by atoms with E-state index in [1.54, 1.807) is 6.92 Å². The van der Waals surface area contributed by atoms with Crippen molar-refractivity contribution in [2.45, 2.75) is 64.8 Å². The van der Waals surface area contributed by atoms with Crippen LogP contribution in [0.4, 0.5) is 0 Å². The summed E-state index contributed by atoms with van der Waals surface area (Å²) in [5.41, 5.74) is 0.916. The Morgan fingerprint density at radius 2 is 1.76 bits per heavy atom. The number of hydrogen-bond donors (Lipinski definition) is 0. The molecule has 3 atom stereocenters. The molecule has 0 fully saturated rings. The molecule has 0 saturated carbocycles. The maximum absolute atomic E-state index is 12.7. The SMILES string of the molecule is CCOC(=O)[C@@H](O[Si](C)(C)C(C)(C)C)[C@H](c1ccccc1)C(C)C=O. The number of carbonyl (C=O) groups is 2.